The van der Waals surface area contributed by atoms with Crippen molar-refractivity contribution in [2.75, 3.05) is 26.2 Å². The Morgan fingerprint density at radius 2 is 1.93 bits per heavy atom. The van der Waals surface area contributed by atoms with Crippen LogP contribution in [0.4, 0.5) is 0 Å². The highest BCUT2D eigenvalue weighted by molar-refractivity contribution is 7.88. The quantitative estimate of drug-likeness (QED) is 0.0565. The standard InChI is InChI=1S/C24H33N7O7S2/c25-24(26)28-8-4-7-17(21(35)22-27-9-12-39-22)29-19(32)14-30-10-11-31(18(23(30)36)13-20(33)34)40(37,38)15-16-5-2-1-3-6-16/h1-3,5-6,9,12,17-18,20,33-34H,4,7-8,10-11,13-15H2,(H,29,32)(H4,25,26,28)/t17-,18-/m0/s1. The first-order valence-corrected chi connectivity index (χ1v) is 14.9. The predicted molar refractivity (Wildman–Crippen MR) is 147 cm³/mol. The van der Waals surface area contributed by atoms with Crippen LogP contribution in [0.15, 0.2) is 46.9 Å². The SMILES string of the molecule is NC(N)=NCCC[C@H](NC(=O)CN1CCN(S(=O)(=O)Cc2ccccc2)[C@@H](CC(O)O)C1=O)C(=O)c1nccs1. The second kappa shape index (κ2) is 14.3. The van der Waals surface area contributed by atoms with Crippen LogP contribution in [-0.2, 0) is 25.4 Å². The molecule has 2 atom stereocenters. The summed E-state index contributed by atoms with van der Waals surface area (Å²) in [4.78, 5) is 48.2. The summed E-state index contributed by atoms with van der Waals surface area (Å²) in [6.45, 7) is -0.471. The summed E-state index contributed by atoms with van der Waals surface area (Å²) in [5, 5.41) is 23.6. The number of benzene rings is 1. The zero-order valence-corrected chi connectivity index (χ0v) is 23.3. The number of aliphatic hydroxyl groups excluding tert-OH is 1. The third-order valence-electron chi connectivity index (χ3n) is 6.09. The van der Waals surface area contributed by atoms with Gasteiger partial charge >= 0.3 is 0 Å². The van der Waals surface area contributed by atoms with E-state index in [1.54, 1.807) is 35.7 Å². The number of carbonyl (C=O) groups excluding carboxylic acids is 3. The first-order chi connectivity index (χ1) is 19.0. The molecular weight excluding hydrogens is 562 g/mol. The molecule has 1 saturated heterocycles. The third-order valence-corrected chi connectivity index (χ3v) is 8.73. The number of aliphatic hydroxyl groups is 2. The number of nitrogens with zero attached hydrogens (tertiary/aromatic N) is 4. The van der Waals surface area contributed by atoms with Crippen LogP contribution in [0, 0.1) is 0 Å². The zero-order chi connectivity index (χ0) is 29.3. The van der Waals surface area contributed by atoms with Gasteiger partial charge in [0.05, 0.1) is 18.3 Å². The van der Waals surface area contributed by atoms with Gasteiger partial charge in [-0.25, -0.2) is 13.4 Å². The molecule has 1 aliphatic rings. The van der Waals surface area contributed by atoms with Gasteiger partial charge in [-0.3, -0.25) is 19.4 Å². The van der Waals surface area contributed by atoms with E-state index in [0.717, 1.165) is 20.5 Å². The Hall–Kier alpha value is -3.44. The van der Waals surface area contributed by atoms with Gasteiger partial charge in [0.1, 0.15) is 6.04 Å². The third kappa shape index (κ3) is 8.79. The van der Waals surface area contributed by atoms with Crippen LogP contribution in [0.2, 0.25) is 0 Å². The number of Topliss-reactive ketones (excluding diaryl/α,β-unsaturated/α-hetero) is 1. The van der Waals surface area contributed by atoms with Crippen molar-refractivity contribution < 1.29 is 33.0 Å². The van der Waals surface area contributed by atoms with Gasteiger partial charge in [0.15, 0.2) is 17.3 Å². The molecule has 1 aromatic carbocycles. The predicted octanol–water partition coefficient (Wildman–Crippen LogP) is -1.39. The van der Waals surface area contributed by atoms with Gasteiger partial charge < -0.3 is 31.9 Å². The van der Waals surface area contributed by atoms with Gasteiger partial charge in [0, 0.05) is 37.6 Å². The molecule has 14 nitrogen and oxygen atoms in total. The van der Waals surface area contributed by atoms with Crippen LogP contribution in [0.3, 0.4) is 0 Å². The second-order valence-electron chi connectivity index (χ2n) is 9.11. The number of guanidine groups is 1. The van der Waals surface area contributed by atoms with Gasteiger partial charge in [-0.05, 0) is 18.4 Å². The topological polar surface area (TPSA) is 222 Å². The number of nitrogens with two attached hydrogens (primary N) is 2. The van der Waals surface area contributed by atoms with Crippen molar-refractivity contribution in [1.82, 2.24) is 19.5 Å². The molecular formula is C24H33N7O7S2. The lowest BCUT2D eigenvalue weighted by Gasteiger charge is -2.39. The van der Waals surface area contributed by atoms with Crippen LogP contribution in [-0.4, -0.2) is 101 Å². The van der Waals surface area contributed by atoms with Crippen molar-refractivity contribution in [3.05, 3.63) is 52.5 Å². The largest absolute Gasteiger partial charge is 0.370 e. The minimum Gasteiger partial charge on any atom is -0.370 e. The fraction of sp³-hybridized carbons (Fsp3) is 0.458. The molecule has 2 aromatic rings. The van der Waals surface area contributed by atoms with Gasteiger partial charge in [0.25, 0.3) is 0 Å². The van der Waals surface area contributed by atoms with Crippen molar-refractivity contribution in [3.63, 3.8) is 0 Å². The van der Waals surface area contributed by atoms with Gasteiger partial charge in [-0.1, -0.05) is 30.3 Å². The maximum Gasteiger partial charge on any atom is 0.241 e. The molecule has 2 heterocycles. The summed E-state index contributed by atoms with van der Waals surface area (Å²) in [7, 11) is -4.01. The van der Waals surface area contributed by atoms with E-state index in [1.807, 2.05) is 0 Å². The van der Waals surface area contributed by atoms with Crippen molar-refractivity contribution in [1.29, 1.82) is 0 Å². The van der Waals surface area contributed by atoms with E-state index in [4.69, 9.17) is 11.5 Å². The Morgan fingerprint density at radius 1 is 1.20 bits per heavy atom. The minimum atomic E-state index is -4.01. The fourth-order valence-electron chi connectivity index (χ4n) is 4.27. The number of hydrogen-bond donors (Lipinski definition) is 5. The maximum absolute atomic E-state index is 13.3. The Labute approximate surface area is 235 Å². The highest BCUT2D eigenvalue weighted by Gasteiger charge is 2.42. The summed E-state index contributed by atoms with van der Waals surface area (Å²) < 4.78 is 27.3. The number of sulfonamides is 1. The molecule has 0 aliphatic carbocycles. The molecule has 0 radical (unpaired) electrons. The number of aromatic nitrogens is 1. The van der Waals surface area contributed by atoms with Crippen molar-refractivity contribution in [2.24, 2.45) is 16.5 Å². The molecule has 2 amide bonds. The molecule has 0 saturated carbocycles. The van der Waals surface area contributed by atoms with E-state index < -0.39 is 59.0 Å². The van der Waals surface area contributed by atoms with E-state index >= 15 is 0 Å². The summed E-state index contributed by atoms with van der Waals surface area (Å²) in [6.07, 6.45) is -0.466. The first-order valence-electron chi connectivity index (χ1n) is 12.4. The molecule has 1 fully saturated rings. The highest BCUT2D eigenvalue weighted by atomic mass is 32.2. The Kier molecular flexibility index (Phi) is 11.1. The minimum absolute atomic E-state index is 0.0992. The lowest BCUT2D eigenvalue weighted by Crippen LogP contribution is -2.61. The Bertz CT molecular complexity index is 1280. The average Bonchev–Trinajstić information content (AvgIpc) is 3.43. The van der Waals surface area contributed by atoms with Crippen LogP contribution in [0.25, 0.3) is 0 Å². The number of hydrogen-bond acceptors (Lipinski definition) is 10. The molecule has 3 rings (SSSR count). The monoisotopic (exact) mass is 595 g/mol. The number of piperazine rings is 1. The number of ketones is 1. The Balaban J connectivity index is 1.70. The van der Waals surface area contributed by atoms with E-state index in [0.29, 0.717) is 12.0 Å². The molecule has 218 valence electrons. The van der Waals surface area contributed by atoms with Crippen molar-refractivity contribution >= 4 is 44.9 Å². The zero-order valence-electron chi connectivity index (χ0n) is 21.6. The van der Waals surface area contributed by atoms with Crippen LogP contribution in [0.5, 0.6) is 0 Å². The van der Waals surface area contributed by atoms with E-state index in [1.165, 1.54) is 6.20 Å². The van der Waals surface area contributed by atoms with E-state index in [2.05, 4.69) is 15.3 Å². The molecule has 40 heavy (non-hydrogen) atoms. The lowest BCUT2D eigenvalue weighted by molar-refractivity contribution is -0.146. The molecule has 16 heteroatoms. The molecule has 1 aliphatic heterocycles. The molecule has 0 unspecified atom stereocenters. The second-order valence-corrected chi connectivity index (χ2v) is 11.9. The number of amides is 2. The summed E-state index contributed by atoms with van der Waals surface area (Å²) in [5.41, 5.74) is 11.2. The first kappa shape index (κ1) is 31.1. The van der Waals surface area contributed by atoms with Crippen molar-refractivity contribution in [2.45, 2.75) is 43.4 Å². The number of carbonyl (C=O) groups is 3. The summed E-state index contributed by atoms with van der Waals surface area (Å²) in [5.74, 6) is -2.27. The van der Waals surface area contributed by atoms with Crippen LogP contribution >= 0.6 is 11.3 Å². The van der Waals surface area contributed by atoms with Gasteiger partial charge in [-0.2, -0.15) is 4.31 Å². The molecule has 0 spiro atoms. The average molecular weight is 596 g/mol. The highest BCUT2D eigenvalue weighted by Crippen LogP contribution is 2.22. The number of aliphatic imine (C=N–C) groups is 1. The van der Waals surface area contributed by atoms with Gasteiger partial charge in [-0.15, -0.1) is 11.3 Å². The summed E-state index contributed by atoms with van der Waals surface area (Å²) in [6, 6.07) is 6.03. The normalized spacial score (nSPS) is 17.0. The Morgan fingerprint density at radius 3 is 2.55 bits per heavy atom. The number of thiazole rings is 1. The molecule has 0 bridgehead atoms. The maximum atomic E-state index is 13.3. The number of nitrogens with one attached hydrogen (secondary N) is 1. The van der Waals surface area contributed by atoms with Crippen LogP contribution < -0.4 is 16.8 Å². The lowest BCUT2D eigenvalue weighted by atomic mass is 10.1. The van der Waals surface area contributed by atoms with E-state index in [9.17, 15) is 33.0 Å². The summed E-state index contributed by atoms with van der Waals surface area (Å²) >= 11 is 1.12. The molecule has 1 aromatic heterocycles. The fourth-order valence-corrected chi connectivity index (χ4v) is 6.61. The smallest absolute Gasteiger partial charge is 0.241 e. The molecule has 7 N–H and O–H groups in total. The number of rotatable bonds is 14. The van der Waals surface area contributed by atoms with Crippen LogP contribution in [0.1, 0.15) is 34.6 Å². The van der Waals surface area contributed by atoms with E-state index in [-0.39, 0.29) is 42.8 Å². The van der Waals surface area contributed by atoms with Crippen molar-refractivity contribution in [3.8, 4) is 0 Å². The van der Waals surface area contributed by atoms with Gasteiger partial charge in [0.2, 0.25) is 27.6 Å².